The van der Waals surface area contributed by atoms with Crippen LogP contribution in [0.3, 0.4) is 0 Å². The number of aryl methyl sites for hydroxylation is 1. The molecule has 2 aliphatic rings. The maximum Gasteiger partial charge on any atom is 0.320 e. The molecule has 2 N–H and O–H groups in total. The van der Waals surface area contributed by atoms with Gasteiger partial charge in [-0.25, -0.2) is 4.79 Å². The SMILES string of the molecule is Cc1ccc(CNC(=O)c2ccccc2NC(=O)CN2CCN(C(=O)N3CCOCC3)CC2)cc1. The number of benzene rings is 2. The number of carbonyl (C=O) groups excluding carboxylic acids is 3. The molecule has 4 amide bonds. The number of para-hydroxylation sites is 1. The number of rotatable bonds is 6. The van der Waals surface area contributed by atoms with E-state index in [9.17, 15) is 14.4 Å². The molecule has 9 nitrogen and oxygen atoms in total. The van der Waals surface area contributed by atoms with Crippen molar-refractivity contribution in [3.63, 3.8) is 0 Å². The lowest BCUT2D eigenvalue weighted by molar-refractivity contribution is -0.117. The average molecular weight is 480 g/mol. The Morgan fingerprint density at radius 2 is 1.51 bits per heavy atom. The number of urea groups is 1. The van der Waals surface area contributed by atoms with Gasteiger partial charge in [0.2, 0.25) is 5.91 Å². The standard InChI is InChI=1S/C26H33N5O4/c1-20-6-8-21(9-7-20)18-27-25(33)22-4-2-3-5-23(22)28-24(32)19-29-10-12-30(13-11-29)26(34)31-14-16-35-17-15-31/h2-9H,10-19H2,1H3,(H,27,33)(H,28,32). The maximum absolute atomic E-state index is 12.8. The Labute approximate surface area is 206 Å². The van der Waals surface area contributed by atoms with Crippen LogP contribution in [-0.2, 0) is 16.1 Å². The molecule has 0 spiro atoms. The second kappa shape index (κ2) is 11.8. The van der Waals surface area contributed by atoms with E-state index in [0.717, 1.165) is 5.56 Å². The third-order valence-electron chi connectivity index (χ3n) is 6.31. The molecule has 2 heterocycles. The van der Waals surface area contributed by atoms with Crippen molar-refractivity contribution in [3.8, 4) is 0 Å². The molecular weight excluding hydrogens is 446 g/mol. The molecule has 2 saturated heterocycles. The summed E-state index contributed by atoms with van der Waals surface area (Å²) in [6.07, 6.45) is 0. The van der Waals surface area contributed by atoms with Gasteiger partial charge in [0, 0.05) is 45.8 Å². The van der Waals surface area contributed by atoms with Crippen LogP contribution in [0.25, 0.3) is 0 Å². The topological polar surface area (TPSA) is 94.2 Å². The minimum Gasteiger partial charge on any atom is -0.378 e. The van der Waals surface area contributed by atoms with Crippen LogP contribution >= 0.6 is 0 Å². The van der Waals surface area contributed by atoms with Crippen LogP contribution in [0, 0.1) is 6.92 Å². The summed E-state index contributed by atoms with van der Waals surface area (Å²) in [6.45, 7) is 7.47. The summed E-state index contributed by atoms with van der Waals surface area (Å²) in [5, 5.41) is 5.81. The van der Waals surface area contributed by atoms with E-state index in [2.05, 4.69) is 10.6 Å². The molecule has 0 unspecified atom stereocenters. The first kappa shape index (κ1) is 24.7. The van der Waals surface area contributed by atoms with Gasteiger partial charge >= 0.3 is 6.03 Å². The Morgan fingerprint density at radius 3 is 2.23 bits per heavy atom. The second-order valence-corrected chi connectivity index (χ2v) is 8.91. The summed E-state index contributed by atoms with van der Waals surface area (Å²) in [7, 11) is 0. The molecule has 186 valence electrons. The number of piperazine rings is 1. The van der Waals surface area contributed by atoms with Gasteiger partial charge in [0.1, 0.15) is 0 Å². The average Bonchev–Trinajstić information content (AvgIpc) is 2.89. The third-order valence-corrected chi connectivity index (χ3v) is 6.31. The van der Waals surface area contributed by atoms with Crippen molar-refractivity contribution < 1.29 is 19.1 Å². The lowest BCUT2D eigenvalue weighted by atomic mass is 10.1. The largest absolute Gasteiger partial charge is 0.378 e. The van der Waals surface area contributed by atoms with Crippen molar-refractivity contribution in [3.05, 3.63) is 65.2 Å². The molecule has 2 aromatic carbocycles. The minimum atomic E-state index is -0.239. The highest BCUT2D eigenvalue weighted by molar-refractivity contribution is 6.04. The molecule has 0 atom stereocenters. The fraction of sp³-hybridized carbons (Fsp3) is 0.423. The molecule has 2 aliphatic heterocycles. The number of carbonyl (C=O) groups is 3. The Morgan fingerprint density at radius 1 is 0.857 bits per heavy atom. The molecule has 0 radical (unpaired) electrons. The quantitative estimate of drug-likeness (QED) is 0.661. The molecule has 0 saturated carbocycles. The molecule has 0 aliphatic carbocycles. The van der Waals surface area contributed by atoms with Crippen molar-refractivity contribution in [2.24, 2.45) is 0 Å². The number of hydrogen-bond acceptors (Lipinski definition) is 5. The second-order valence-electron chi connectivity index (χ2n) is 8.91. The van der Waals surface area contributed by atoms with Crippen LogP contribution in [0.15, 0.2) is 48.5 Å². The van der Waals surface area contributed by atoms with Gasteiger partial charge in [-0.2, -0.15) is 0 Å². The first-order valence-electron chi connectivity index (χ1n) is 12.1. The number of anilines is 1. The Kier molecular flexibility index (Phi) is 8.33. The van der Waals surface area contributed by atoms with E-state index in [1.54, 1.807) is 24.3 Å². The summed E-state index contributed by atoms with van der Waals surface area (Å²) in [5.41, 5.74) is 3.09. The van der Waals surface area contributed by atoms with E-state index in [4.69, 9.17) is 4.74 Å². The van der Waals surface area contributed by atoms with Crippen LogP contribution in [0.2, 0.25) is 0 Å². The van der Waals surface area contributed by atoms with Gasteiger partial charge < -0.3 is 25.2 Å². The molecular formula is C26H33N5O4. The molecule has 0 bridgehead atoms. The maximum atomic E-state index is 12.8. The van der Waals surface area contributed by atoms with Gasteiger partial charge in [-0.15, -0.1) is 0 Å². The van der Waals surface area contributed by atoms with Crippen LogP contribution in [0.1, 0.15) is 21.5 Å². The predicted octanol–water partition coefficient (Wildman–Crippen LogP) is 1.93. The van der Waals surface area contributed by atoms with Crippen molar-refractivity contribution in [2.75, 3.05) is 64.3 Å². The zero-order valence-corrected chi connectivity index (χ0v) is 20.2. The number of nitrogens with one attached hydrogen (secondary N) is 2. The van der Waals surface area contributed by atoms with Crippen molar-refractivity contribution in [1.82, 2.24) is 20.0 Å². The van der Waals surface area contributed by atoms with E-state index < -0.39 is 0 Å². The first-order chi connectivity index (χ1) is 17.0. The predicted molar refractivity (Wildman–Crippen MR) is 133 cm³/mol. The molecule has 35 heavy (non-hydrogen) atoms. The van der Waals surface area contributed by atoms with Crippen molar-refractivity contribution in [1.29, 1.82) is 0 Å². The van der Waals surface area contributed by atoms with Crippen LogP contribution < -0.4 is 10.6 Å². The van der Waals surface area contributed by atoms with E-state index in [1.165, 1.54) is 5.56 Å². The lowest BCUT2D eigenvalue weighted by Gasteiger charge is -2.38. The van der Waals surface area contributed by atoms with E-state index in [-0.39, 0.29) is 24.4 Å². The minimum absolute atomic E-state index is 0.0444. The van der Waals surface area contributed by atoms with Crippen molar-refractivity contribution in [2.45, 2.75) is 13.5 Å². The van der Waals surface area contributed by atoms with Crippen LogP contribution in [-0.4, -0.2) is 91.6 Å². The Bertz CT molecular complexity index is 1030. The van der Waals surface area contributed by atoms with Gasteiger partial charge in [-0.1, -0.05) is 42.0 Å². The summed E-state index contributed by atoms with van der Waals surface area (Å²) in [5.74, 6) is -0.423. The number of morpholine rings is 1. The number of nitrogens with zero attached hydrogens (tertiary/aromatic N) is 3. The normalized spacial score (nSPS) is 16.6. The molecule has 0 aromatic heterocycles. The Hall–Kier alpha value is -3.43. The zero-order valence-electron chi connectivity index (χ0n) is 20.2. The summed E-state index contributed by atoms with van der Waals surface area (Å²) < 4.78 is 5.32. The highest BCUT2D eigenvalue weighted by Gasteiger charge is 2.27. The monoisotopic (exact) mass is 479 g/mol. The third kappa shape index (κ3) is 6.80. The smallest absolute Gasteiger partial charge is 0.320 e. The highest BCUT2D eigenvalue weighted by Crippen LogP contribution is 2.16. The number of hydrogen-bond donors (Lipinski definition) is 2. The van der Waals surface area contributed by atoms with Gasteiger partial charge in [0.25, 0.3) is 5.91 Å². The fourth-order valence-electron chi connectivity index (χ4n) is 4.22. The van der Waals surface area contributed by atoms with E-state index >= 15 is 0 Å². The summed E-state index contributed by atoms with van der Waals surface area (Å²) in [4.78, 5) is 43.9. The highest BCUT2D eigenvalue weighted by atomic mass is 16.5. The molecule has 2 aromatic rings. The molecule has 4 rings (SSSR count). The number of ether oxygens (including phenoxy) is 1. The summed E-state index contributed by atoms with van der Waals surface area (Å²) >= 11 is 0. The van der Waals surface area contributed by atoms with Gasteiger partial charge in [-0.05, 0) is 24.6 Å². The van der Waals surface area contributed by atoms with Gasteiger partial charge in [0.15, 0.2) is 0 Å². The van der Waals surface area contributed by atoms with Crippen LogP contribution in [0.4, 0.5) is 10.5 Å². The van der Waals surface area contributed by atoms with E-state index in [1.807, 2.05) is 45.9 Å². The first-order valence-corrected chi connectivity index (χ1v) is 12.1. The molecule has 9 heteroatoms. The van der Waals surface area contributed by atoms with Crippen molar-refractivity contribution >= 4 is 23.5 Å². The van der Waals surface area contributed by atoms with E-state index in [0.29, 0.717) is 70.3 Å². The zero-order chi connectivity index (χ0) is 24.6. The van der Waals surface area contributed by atoms with Crippen LogP contribution in [0.5, 0.6) is 0 Å². The summed E-state index contributed by atoms with van der Waals surface area (Å²) in [6, 6.07) is 15.0. The Balaban J connectivity index is 1.26. The van der Waals surface area contributed by atoms with Gasteiger partial charge in [0.05, 0.1) is 31.0 Å². The fourth-order valence-corrected chi connectivity index (χ4v) is 4.22. The van der Waals surface area contributed by atoms with Gasteiger partial charge in [-0.3, -0.25) is 14.5 Å². The molecule has 2 fully saturated rings. The number of amides is 4. The lowest BCUT2D eigenvalue weighted by Crippen LogP contribution is -2.55.